The lowest BCUT2D eigenvalue weighted by Crippen LogP contribution is -2.42. The molecule has 0 spiro atoms. The summed E-state index contributed by atoms with van der Waals surface area (Å²) in [4.78, 5) is 8.52. The summed E-state index contributed by atoms with van der Waals surface area (Å²) in [5, 5.41) is 11.9. The van der Waals surface area contributed by atoms with E-state index >= 15 is 0 Å². The van der Waals surface area contributed by atoms with Crippen molar-refractivity contribution in [2.24, 2.45) is 0 Å². The molecule has 6 nitrogen and oxygen atoms in total. The Morgan fingerprint density at radius 2 is 1.43 bits per heavy atom. The van der Waals surface area contributed by atoms with Gasteiger partial charge in [0.05, 0.1) is 12.3 Å². The maximum atomic E-state index is 11.5. The smallest absolute Gasteiger partial charge is 0.164 e. The van der Waals surface area contributed by atoms with Crippen molar-refractivity contribution in [2.45, 2.75) is 50.5 Å². The van der Waals surface area contributed by atoms with Gasteiger partial charge in [0.25, 0.3) is 0 Å². The van der Waals surface area contributed by atoms with Crippen LogP contribution in [0, 0.1) is 6.92 Å². The molecule has 0 radical (unpaired) electrons. The number of ether oxygens (including phenoxy) is 3. The molecule has 0 bridgehead atoms. The summed E-state index contributed by atoms with van der Waals surface area (Å²) in [5.41, 5.74) is 2.55. The van der Waals surface area contributed by atoms with E-state index in [1.807, 2.05) is 111 Å². The predicted molar refractivity (Wildman–Crippen MR) is 156 cm³/mol. The van der Waals surface area contributed by atoms with Gasteiger partial charge in [0.15, 0.2) is 5.79 Å². The van der Waals surface area contributed by atoms with Crippen LogP contribution in [-0.4, -0.2) is 45.8 Å². The first-order valence-electron chi connectivity index (χ1n) is 13.3. The lowest BCUT2D eigenvalue weighted by molar-refractivity contribution is -0.160. The van der Waals surface area contributed by atoms with Crippen LogP contribution >= 0.6 is 11.6 Å². The zero-order chi connectivity index (χ0) is 28.2. The van der Waals surface area contributed by atoms with Crippen molar-refractivity contribution in [3.63, 3.8) is 0 Å². The zero-order valence-corrected chi connectivity index (χ0v) is 23.5. The monoisotopic (exact) mass is 556 g/mol. The molecule has 5 rings (SSSR count). The number of hydrogen-bond acceptors (Lipinski definition) is 6. The number of aliphatic hydroxyl groups is 1. The molecule has 0 aliphatic carbocycles. The number of aryl methyl sites for hydroxylation is 1. The van der Waals surface area contributed by atoms with Gasteiger partial charge in [0, 0.05) is 6.07 Å². The van der Waals surface area contributed by atoms with Crippen LogP contribution in [0.2, 0.25) is 5.15 Å². The quantitative estimate of drug-likeness (QED) is 0.191. The number of aliphatic hydroxyl groups excluding tert-OH is 1. The van der Waals surface area contributed by atoms with Crippen LogP contribution < -0.4 is 0 Å². The first-order valence-corrected chi connectivity index (χ1v) is 13.7. The summed E-state index contributed by atoms with van der Waals surface area (Å²) < 4.78 is 19.2. The molecule has 1 saturated heterocycles. The number of hydrogen-bond donors (Lipinski definition) is 1. The third kappa shape index (κ3) is 6.17. The molecule has 4 aromatic rings. The van der Waals surface area contributed by atoms with E-state index in [1.54, 1.807) is 19.1 Å². The molecule has 3 atom stereocenters. The normalized spacial score (nSPS) is 19.6. The molecular formula is C33H33ClN2O4. The highest BCUT2D eigenvalue weighted by molar-refractivity contribution is 6.29. The fourth-order valence-electron chi connectivity index (χ4n) is 5.17. The van der Waals surface area contributed by atoms with Gasteiger partial charge in [-0.1, -0.05) is 109 Å². The summed E-state index contributed by atoms with van der Waals surface area (Å²) in [6, 6.07) is 31.9. The van der Waals surface area contributed by atoms with E-state index in [-0.39, 0.29) is 6.61 Å². The zero-order valence-electron chi connectivity index (χ0n) is 22.8. The largest absolute Gasteiger partial charge is 0.388 e. The summed E-state index contributed by atoms with van der Waals surface area (Å²) in [6.45, 7) is 5.43. The summed E-state index contributed by atoms with van der Waals surface area (Å²) in [6.07, 6.45) is 1.42. The highest BCUT2D eigenvalue weighted by Gasteiger charge is 2.45. The standard InChI is InChI=1S/C33H33ClN2O4/c1-23-35-27(21-30(34)36-23)19-20-29-31(40-32(2,3)39-29)28(37)22-38-33(24-13-7-4-8-14-24,25-15-9-5-10-16-25)26-17-11-6-12-18-26/h4-21,28-29,31,37H,22H2,1-3H3/b20-19+/t28-,29+,31-/m1/s1. The maximum Gasteiger partial charge on any atom is 0.164 e. The molecule has 2 heterocycles. The third-order valence-corrected chi connectivity index (χ3v) is 7.03. The van der Waals surface area contributed by atoms with E-state index in [1.165, 1.54) is 0 Å². The lowest BCUT2D eigenvalue weighted by Gasteiger charge is -2.37. The first kappa shape index (κ1) is 28.1. The second kappa shape index (κ2) is 12.0. The van der Waals surface area contributed by atoms with Crippen LogP contribution in [-0.2, 0) is 19.8 Å². The molecule has 40 heavy (non-hydrogen) atoms. The molecule has 0 unspecified atom stereocenters. The molecule has 1 aliphatic rings. The van der Waals surface area contributed by atoms with Gasteiger partial charge in [0.1, 0.15) is 34.9 Å². The van der Waals surface area contributed by atoms with Gasteiger partial charge in [-0.2, -0.15) is 0 Å². The Balaban J connectivity index is 1.46. The molecule has 3 aromatic carbocycles. The van der Waals surface area contributed by atoms with Crippen LogP contribution in [0.3, 0.4) is 0 Å². The van der Waals surface area contributed by atoms with E-state index in [0.717, 1.165) is 16.7 Å². The summed E-state index contributed by atoms with van der Waals surface area (Å²) >= 11 is 6.11. The van der Waals surface area contributed by atoms with Gasteiger partial charge in [0.2, 0.25) is 0 Å². The fourth-order valence-corrected chi connectivity index (χ4v) is 5.40. The Morgan fingerprint density at radius 1 is 0.900 bits per heavy atom. The Labute approximate surface area is 240 Å². The number of nitrogens with zero attached hydrogens (tertiary/aromatic N) is 2. The van der Waals surface area contributed by atoms with Crippen molar-refractivity contribution in [3.8, 4) is 0 Å². The predicted octanol–water partition coefficient (Wildman–Crippen LogP) is 6.34. The van der Waals surface area contributed by atoms with Gasteiger partial charge < -0.3 is 19.3 Å². The lowest BCUT2D eigenvalue weighted by atomic mass is 9.80. The van der Waals surface area contributed by atoms with Crippen LogP contribution in [0.15, 0.2) is 103 Å². The average Bonchev–Trinajstić information content (AvgIpc) is 3.28. The van der Waals surface area contributed by atoms with Gasteiger partial charge in [-0.25, -0.2) is 9.97 Å². The van der Waals surface area contributed by atoms with E-state index < -0.39 is 29.7 Å². The van der Waals surface area contributed by atoms with Crippen molar-refractivity contribution in [3.05, 3.63) is 136 Å². The van der Waals surface area contributed by atoms with Crippen LogP contribution in [0.5, 0.6) is 0 Å². The van der Waals surface area contributed by atoms with Crippen molar-refractivity contribution in [1.82, 2.24) is 9.97 Å². The number of halogens is 1. The molecular weight excluding hydrogens is 524 g/mol. The summed E-state index contributed by atoms with van der Waals surface area (Å²) in [5.74, 6) is -0.324. The Morgan fingerprint density at radius 3 is 1.93 bits per heavy atom. The first-order chi connectivity index (χ1) is 19.3. The molecule has 0 saturated carbocycles. The van der Waals surface area contributed by atoms with Crippen LogP contribution in [0.1, 0.15) is 42.1 Å². The molecule has 206 valence electrons. The minimum absolute atomic E-state index is 0.00836. The van der Waals surface area contributed by atoms with E-state index in [2.05, 4.69) is 9.97 Å². The van der Waals surface area contributed by atoms with Crippen molar-refractivity contribution in [1.29, 1.82) is 0 Å². The summed E-state index contributed by atoms with van der Waals surface area (Å²) in [7, 11) is 0. The SMILES string of the molecule is Cc1nc(Cl)cc(/C=C/[C@@H]2OC(C)(C)O[C@@H]2[C@H](O)COC(c2ccccc2)(c2ccccc2)c2ccccc2)n1. The minimum Gasteiger partial charge on any atom is -0.388 e. The minimum atomic E-state index is -0.998. The van der Waals surface area contributed by atoms with Gasteiger partial charge in [-0.15, -0.1) is 0 Å². The third-order valence-electron chi connectivity index (χ3n) is 6.84. The van der Waals surface area contributed by atoms with E-state index in [0.29, 0.717) is 16.7 Å². The van der Waals surface area contributed by atoms with Crippen molar-refractivity contribution in [2.75, 3.05) is 6.61 Å². The highest BCUT2D eigenvalue weighted by Crippen LogP contribution is 2.41. The van der Waals surface area contributed by atoms with Crippen LogP contribution in [0.4, 0.5) is 0 Å². The second-order valence-corrected chi connectivity index (χ2v) is 10.6. The highest BCUT2D eigenvalue weighted by atomic mass is 35.5. The molecule has 7 heteroatoms. The van der Waals surface area contributed by atoms with Crippen molar-refractivity contribution < 1.29 is 19.3 Å². The number of aromatic nitrogens is 2. The average molecular weight is 557 g/mol. The number of rotatable bonds is 9. The Bertz CT molecular complexity index is 1310. The second-order valence-electron chi connectivity index (χ2n) is 10.2. The Kier molecular flexibility index (Phi) is 8.45. The van der Waals surface area contributed by atoms with Crippen molar-refractivity contribution >= 4 is 17.7 Å². The Hall–Kier alpha value is -3.39. The molecule has 1 fully saturated rings. The van der Waals surface area contributed by atoms with Gasteiger partial charge in [-0.05, 0) is 43.5 Å². The van der Waals surface area contributed by atoms with Crippen LogP contribution in [0.25, 0.3) is 6.08 Å². The fraction of sp³-hybridized carbons (Fsp3) is 0.273. The molecule has 1 aromatic heterocycles. The number of benzene rings is 3. The van der Waals surface area contributed by atoms with Gasteiger partial charge in [-0.3, -0.25) is 0 Å². The molecule has 1 N–H and O–H groups in total. The topological polar surface area (TPSA) is 73.7 Å². The van der Waals surface area contributed by atoms with Gasteiger partial charge >= 0.3 is 0 Å². The molecule has 1 aliphatic heterocycles. The van der Waals surface area contributed by atoms with E-state index in [9.17, 15) is 5.11 Å². The maximum absolute atomic E-state index is 11.5. The van der Waals surface area contributed by atoms with E-state index in [4.69, 9.17) is 25.8 Å². The molecule has 0 amide bonds.